The average molecular weight is 378 g/mol. The van der Waals surface area contributed by atoms with E-state index in [0.717, 1.165) is 49.1 Å². The minimum Gasteiger partial charge on any atom is -0.346 e. The zero-order valence-electron chi connectivity index (χ0n) is 14.9. The molecule has 7 heteroatoms. The van der Waals surface area contributed by atoms with Gasteiger partial charge < -0.3 is 10.2 Å². The van der Waals surface area contributed by atoms with Crippen LogP contribution in [0.3, 0.4) is 0 Å². The molecule has 1 aromatic carbocycles. The van der Waals surface area contributed by atoms with E-state index in [1.807, 2.05) is 36.1 Å². The standard InChI is InChI=1S/C18H24ClN5S/c1-13-4-5-16(19)10-17(13)21-18(25)24-8-6-23(7-9-24)12-15-11-20-22(3)14(15)2/h4-5,10-11H,6-9,12H2,1-3H3,(H,21,25). The summed E-state index contributed by atoms with van der Waals surface area (Å²) in [5, 5.41) is 9.15. The second-order valence-electron chi connectivity index (χ2n) is 6.53. The number of anilines is 1. The fraction of sp³-hybridized carbons (Fsp3) is 0.444. The molecule has 1 aliphatic heterocycles. The first-order valence-electron chi connectivity index (χ1n) is 8.46. The van der Waals surface area contributed by atoms with Crippen molar-refractivity contribution in [3.8, 4) is 0 Å². The Morgan fingerprint density at radius 3 is 2.60 bits per heavy atom. The van der Waals surface area contributed by atoms with Crippen LogP contribution in [-0.4, -0.2) is 50.9 Å². The molecule has 1 N–H and O–H groups in total. The zero-order chi connectivity index (χ0) is 18.0. The van der Waals surface area contributed by atoms with Crippen molar-refractivity contribution >= 4 is 34.6 Å². The number of piperazine rings is 1. The second-order valence-corrected chi connectivity index (χ2v) is 7.35. The minimum absolute atomic E-state index is 0.715. The van der Waals surface area contributed by atoms with Gasteiger partial charge in [0.25, 0.3) is 0 Å². The monoisotopic (exact) mass is 377 g/mol. The summed E-state index contributed by atoms with van der Waals surface area (Å²) < 4.78 is 1.93. The highest BCUT2D eigenvalue weighted by Crippen LogP contribution is 2.21. The van der Waals surface area contributed by atoms with Gasteiger partial charge in [0.1, 0.15) is 0 Å². The summed E-state index contributed by atoms with van der Waals surface area (Å²) >= 11 is 11.7. The number of aryl methyl sites for hydroxylation is 2. The third-order valence-electron chi connectivity index (χ3n) is 4.83. The van der Waals surface area contributed by atoms with Crippen LogP contribution in [0.1, 0.15) is 16.8 Å². The van der Waals surface area contributed by atoms with Crippen molar-refractivity contribution in [3.05, 3.63) is 46.2 Å². The Morgan fingerprint density at radius 2 is 1.96 bits per heavy atom. The van der Waals surface area contributed by atoms with E-state index in [0.29, 0.717) is 5.02 Å². The molecule has 1 aliphatic rings. The second kappa shape index (κ2) is 7.72. The summed E-state index contributed by atoms with van der Waals surface area (Å²) in [6.45, 7) is 8.94. The van der Waals surface area contributed by atoms with Gasteiger partial charge in [0, 0.05) is 61.7 Å². The molecule has 0 atom stereocenters. The number of nitrogens with zero attached hydrogens (tertiary/aromatic N) is 4. The van der Waals surface area contributed by atoms with E-state index >= 15 is 0 Å². The van der Waals surface area contributed by atoms with Crippen LogP contribution in [0.5, 0.6) is 0 Å². The van der Waals surface area contributed by atoms with Gasteiger partial charge in [-0.2, -0.15) is 5.10 Å². The maximum atomic E-state index is 6.09. The van der Waals surface area contributed by atoms with Crippen LogP contribution in [0.2, 0.25) is 5.02 Å². The molecule has 1 saturated heterocycles. The van der Waals surface area contributed by atoms with Crippen LogP contribution >= 0.6 is 23.8 Å². The lowest BCUT2D eigenvalue weighted by Crippen LogP contribution is -2.49. The first kappa shape index (κ1) is 18.2. The molecule has 134 valence electrons. The van der Waals surface area contributed by atoms with E-state index in [1.165, 1.54) is 11.3 Å². The number of hydrogen-bond donors (Lipinski definition) is 1. The van der Waals surface area contributed by atoms with E-state index < -0.39 is 0 Å². The fourth-order valence-corrected chi connectivity index (χ4v) is 3.44. The van der Waals surface area contributed by atoms with Crippen molar-refractivity contribution in [2.75, 3.05) is 31.5 Å². The lowest BCUT2D eigenvalue weighted by atomic mass is 10.2. The van der Waals surface area contributed by atoms with Crippen LogP contribution in [0.15, 0.2) is 24.4 Å². The number of hydrogen-bond acceptors (Lipinski definition) is 3. The van der Waals surface area contributed by atoms with Crippen molar-refractivity contribution in [2.45, 2.75) is 20.4 Å². The summed E-state index contributed by atoms with van der Waals surface area (Å²) in [6, 6.07) is 5.82. The van der Waals surface area contributed by atoms with Crippen molar-refractivity contribution in [2.24, 2.45) is 7.05 Å². The largest absolute Gasteiger partial charge is 0.346 e. The lowest BCUT2D eigenvalue weighted by molar-refractivity contribution is 0.176. The Kier molecular flexibility index (Phi) is 5.61. The molecule has 3 rings (SSSR count). The molecule has 25 heavy (non-hydrogen) atoms. The highest BCUT2D eigenvalue weighted by Gasteiger charge is 2.20. The molecule has 5 nitrogen and oxygen atoms in total. The van der Waals surface area contributed by atoms with E-state index in [9.17, 15) is 0 Å². The highest BCUT2D eigenvalue weighted by molar-refractivity contribution is 7.80. The number of thiocarbonyl (C=S) groups is 1. The highest BCUT2D eigenvalue weighted by atomic mass is 35.5. The lowest BCUT2D eigenvalue weighted by Gasteiger charge is -2.36. The summed E-state index contributed by atoms with van der Waals surface area (Å²) in [4.78, 5) is 4.68. The number of benzene rings is 1. The van der Waals surface area contributed by atoms with Gasteiger partial charge in [-0.1, -0.05) is 17.7 Å². The molecular formula is C18H24ClN5S. The normalized spacial score (nSPS) is 15.4. The van der Waals surface area contributed by atoms with Gasteiger partial charge in [0.05, 0.1) is 6.20 Å². The predicted octanol–water partition coefficient (Wildman–Crippen LogP) is 3.20. The van der Waals surface area contributed by atoms with Gasteiger partial charge in [-0.15, -0.1) is 0 Å². The average Bonchev–Trinajstić information content (AvgIpc) is 2.91. The molecule has 1 aromatic heterocycles. The van der Waals surface area contributed by atoms with Gasteiger partial charge >= 0.3 is 0 Å². The van der Waals surface area contributed by atoms with Crippen molar-refractivity contribution in [3.63, 3.8) is 0 Å². The summed E-state index contributed by atoms with van der Waals surface area (Å²) in [7, 11) is 1.98. The van der Waals surface area contributed by atoms with Crippen LogP contribution in [0.4, 0.5) is 5.69 Å². The van der Waals surface area contributed by atoms with Gasteiger partial charge in [0.15, 0.2) is 5.11 Å². The molecule has 0 saturated carbocycles. The van der Waals surface area contributed by atoms with Crippen molar-refractivity contribution < 1.29 is 0 Å². The van der Waals surface area contributed by atoms with E-state index in [1.54, 1.807) is 0 Å². The number of halogens is 1. The van der Waals surface area contributed by atoms with Gasteiger partial charge in [-0.25, -0.2) is 0 Å². The molecule has 0 amide bonds. The SMILES string of the molecule is Cc1ccc(Cl)cc1NC(=S)N1CCN(Cc2cnn(C)c2C)CC1. The fourth-order valence-electron chi connectivity index (χ4n) is 2.97. The quantitative estimate of drug-likeness (QED) is 0.831. The Bertz CT molecular complexity index is 765. The van der Waals surface area contributed by atoms with Gasteiger partial charge in [0.2, 0.25) is 0 Å². The van der Waals surface area contributed by atoms with Crippen molar-refractivity contribution in [1.82, 2.24) is 19.6 Å². The Labute approximate surface area is 159 Å². The predicted molar refractivity (Wildman–Crippen MR) is 107 cm³/mol. The van der Waals surface area contributed by atoms with Crippen LogP contribution in [0.25, 0.3) is 0 Å². The number of rotatable bonds is 3. The third-order valence-corrected chi connectivity index (χ3v) is 5.43. The Morgan fingerprint density at radius 1 is 1.24 bits per heavy atom. The topological polar surface area (TPSA) is 36.3 Å². The maximum Gasteiger partial charge on any atom is 0.173 e. The van der Waals surface area contributed by atoms with E-state index in [4.69, 9.17) is 23.8 Å². The maximum absolute atomic E-state index is 6.09. The molecular weight excluding hydrogens is 354 g/mol. The van der Waals surface area contributed by atoms with Gasteiger partial charge in [-0.05, 0) is 43.8 Å². The molecule has 2 aromatic rings. The summed E-state index contributed by atoms with van der Waals surface area (Å²) in [5.41, 5.74) is 4.64. The molecule has 0 aliphatic carbocycles. The van der Waals surface area contributed by atoms with Crippen LogP contribution < -0.4 is 5.32 Å². The molecule has 0 radical (unpaired) electrons. The Balaban J connectivity index is 1.54. The molecule has 1 fully saturated rings. The molecule has 0 bridgehead atoms. The first-order chi connectivity index (χ1) is 11.9. The molecule has 2 heterocycles. The number of nitrogens with one attached hydrogen (secondary N) is 1. The molecule has 0 spiro atoms. The summed E-state index contributed by atoms with van der Waals surface area (Å²) in [6.07, 6.45) is 1.97. The summed E-state index contributed by atoms with van der Waals surface area (Å²) in [5.74, 6) is 0. The third kappa shape index (κ3) is 4.32. The smallest absolute Gasteiger partial charge is 0.173 e. The Hall–Kier alpha value is -1.63. The van der Waals surface area contributed by atoms with Crippen LogP contribution in [0, 0.1) is 13.8 Å². The van der Waals surface area contributed by atoms with Crippen molar-refractivity contribution in [1.29, 1.82) is 0 Å². The molecule has 0 unspecified atom stereocenters. The number of aromatic nitrogens is 2. The van der Waals surface area contributed by atoms with Crippen LogP contribution in [-0.2, 0) is 13.6 Å². The van der Waals surface area contributed by atoms with E-state index in [2.05, 4.69) is 34.1 Å². The first-order valence-corrected chi connectivity index (χ1v) is 9.24. The minimum atomic E-state index is 0.715. The van der Waals surface area contributed by atoms with Gasteiger partial charge in [-0.3, -0.25) is 9.58 Å². The zero-order valence-corrected chi connectivity index (χ0v) is 16.5. The van der Waals surface area contributed by atoms with E-state index in [-0.39, 0.29) is 0 Å².